The second-order valence-electron chi connectivity index (χ2n) is 5.19. The third kappa shape index (κ3) is 7.50. The van der Waals surface area contributed by atoms with Crippen molar-refractivity contribution >= 4 is 11.8 Å². The van der Waals surface area contributed by atoms with Crippen LogP contribution in [-0.4, -0.2) is 44.7 Å². The highest BCUT2D eigenvalue weighted by atomic mass is 16.5. The predicted octanol–water partition coefficient (Wildman–Crippen LogP) is 1.63. The third-order valence-electron chi connectivity index (χ3n) is 3.24. The Morgan fingerprint density at radius 2 is 1.44 bits per heavy atom. The van der Waals surface area contributed by atoms with Crippen LogP contribution in [0.25, 0.3) is 0 Å². The first kappa shape index (κ1) is 18.5. The van der Waals surface area contributed by atoms with E-state index in [1.807, 2.05) is 36.4 Å². The molecule has 0 aliphatic carbocycles. The van der Waals surface area contributed by atoms with Gasteiger partial charge in [-0.15, -0.1) is 0 Å². The number of para-hydroxylation sites is 1. The number of hydrogen-bond acceptors (Lipinski definition) is 4. The van der Waals surface area contributed by atoms with Crippen LogP contribution < -0.4 is 15.4 Å². The first-order valence-electron chi connectivity index (χ1n) is 8.11. The summed E-state index contributed by atoms with van der Waals surface area (Å²) in [6.45, 7) is 1.38. The van der Waals surface area contributed by atoms with E-state index < -0.39 is 0 Å². The van der Waals surface area contributed by atoms with Gasteiger partial charge in [-0.2, -0.15) is 0 Å². The standard InChI is InChI=1S/C19H22N2O4/c22-18(15-24-13-14-25-17-9-5-2-6-10-17)20-11-12-21-19(23)16-7-3-1-4-8-16/h1-10H,11-15H2,(H,20,22)(H,21,23). The van der Waals surface area contributed by atoms with Gasteiger partial charge in [0.15, 0.2) is 0 Å². The van der Waals surface area contributed by atoms with E-state index in [-0.39, 0.29) is 18.4 Å². The van der Waals surface area contributed by atoms with E-state index in [0.717, 1.165) is 5.75 Å². The van der Waals surface area contributed by atoms with Gasteiger partial charge < -0.3 is 20.1 Å². The van der Waals surface area contributed by atoms with Gasteiger partial charge in [-0.25, -0.2) is 0 Å². The van der Waals surface area contributed by atoms with Crippen LogP contribution in [0.5, 0.6) is 5.75 Å². The van der Waals surface area contributed by atoms with Crippen LogP contribution in [0.3, 0.4) is 0 Å². The average molecular weight is 342 g/mol. The number of amides is 2. The molecule has 0 aliphatic heterocycles. The Morgan fingerprint density at radius 3 is 2.16 bits per heavy atom. The molecule has 6 heteroatoms. The molecule has 0 radical (unpaired) electrons. The van der Waals surface area contributed by atoms with Crippen LogP contribution >= 0.6 is 0 Å². The molecule has 132 valence electrons. The fourth-order valence-electron chi connectivity index (χ4n) is 2.02. The van der Waals surface area contributed by atoms with Crippen molar-refractivity contribution in [3.8, 4) is 5.75 Å². The second-order valence-corrected chi connectivity index (χ2v) is 5.19. The molecule has 0 saturated carbocycles. The van der Waals surface area contributed by atoms with E-state index in [1.165, 1.54) is 0 Å². The second kappa shape index (κ2) is 10.8. The number of carbonyl (C=O) groups is 2. The SMILES string of the molecule is O=C(COCCOc1ccccc1)NCCNC(=O)c1ccccc1. The summed E-state index contributed by atoms with van der Waals surface area (Å²) in [6, 6.07) is 18.3. The van der Waals surface area contributed by atoms with Crippen molar-refractivity contribution in [3.63, 3.8) is 0 Å². The predicted molar refractivity (Wildman–Crippen MR) is 94.5 cm³/mol. The molecule has 0 aromatic heterocycles. The summed E-state index contributed by atoms with van der Waals surface area (Å²) in [4.78, 5) is 23.4. The first-order valence-corrected chi connectivity index (χ1v) is 8.11. The Bertz CT molecular complexity index is 647. The molecule has 0 atom stereocenters. The molecule has 2 aromatic carbocycles. The summed E-state index contributed by atoms with van der Waals surface area (Å²) in [5, 5.41) is 5.41. The number of carbonyl (C=O) groups excluding carboxylic acids is 2. The Hall–Kier alpha value is -2.86. The lowest BCUT2D eigenvalue weighted by atomic mass is 10.2. The highest BCUT2D eigenvalue weighted by Crippen LogP contribution is 2.07. The summed E-state index contributed by atoms with van der Waals surface area (Å²) in [5.74, 6) is 0.377. The lowest BCUT2D eigenvalue weighted by Gasteiger charge is -2.08. The van der Waals surface area contributed by atoms with Crippen molar-refractivity contribution in [1.82, 2.24) is 10.6 Å². The van der Waals surface area contributed by atoms with Crippen LogP contribution in [-0.2, 0) is 9.53 Å². The van der Waals surface area contributed by atoms with Crippen molar-refractivity contribution < 1.29 is 19.1 Å². The zero-order chi connectivity index (χ0) is 17.7. The van der Waals surface area contributed by atoms with Gasteiger partial charge in [0.25, 0.3) is 5.91 Å². The Morgan fingerprint density at radius 1 is 0.800 bits per heavy atom. The summed E-state index contributed by atoms with van der Waals surface area (Å²) >= 11 is 0. The third-order valence-corrected chi connectivity index (χ3v) is 3.24. The fraction of sp³-hybridized carbons (Fsp3) is 0.263. The van der Waals surface area contributed by atoms with Gasteiger partial charge >= 0.3 is 0 Å². The minimum Gasteiger partial charge on any atom is -0.491 e. The van der Waals surface area contributed by atoms with Gasteiger partial charge in [-0.1, -0.05) is 36.4 Å². The Kier molecular flexibility index (Phi) is 8.00. The van der Waals surface area contributed by atoms with Crippen LogP contribution in [0, 0.1) is 0 Å². The fourth-order valence-corrected chi connectivity index (χ4v) is 2.02. The summed E-state index contributed by atoms with van der Waals surface area (Å²) in [5.41, 5.74) is 0.593. The van der Waals surface area contributed by atoms with Gasteiger partial charge in [-0.05, 0) is 24.3 Å². The highest BCUT2D eigenvalue weighted by molar-refractivity contribution is 5.94. The minimum absolute atomic E-state index is 0.0369. The van der Waals surface area contributed by atoms with Crippen LogP contribution in [0.15, 0.2) is 60.7 Å². The van der Waals surface area contributed by atoms with E-state index in [4.69, 9.17) is 9.47 Å². The Balaban J connectivity index is 1.48. The molecule has 2 N–H and O–H groups in total. The van der Waals surface area contributed by atoms with Gasteiger partial charge in [0.05, 0.1) is 6.61 Å². The van der Waals surface area contributed by atoms with Gasteiger partial charge in [-0.3, -0.25) is 9.59 Å². The topological polar surface area (TPSA) is 76.7 Å². The molecule has 2 rings (SSSR count). The zero-order valence-corrected chi connectivity index (χ0v) is 13.9. The number of ether oxygens (including phenoxy) is 2. The summed E-state index contributed by atoms with van der Waals surface area (Å²) < 4.78 is 10.7. The molecule has 0 saturated heterocycles. The molecule has 6 nitrogen and oxygen atoms in total. The van der Waals surface area contributed by atoms with Crippen molar-refractivity contribution in [2.24, 2.45) is 0 Å². The van der Waals surface area contributed by atoms with E-state index in [2.05, 4.69) is 10.6 Å². The molecular formula is C19H22N2O4. The highest BCUT2D eigenvalue weighted by Gasteiger charge is 2.04. The maximum absolute atomic E-state index is 11.8. The van der Waals surface area contributed by atoms with E-state index in [9.17, 15) is 9.59 Å². The summed E-state index contributed by atoms with van der Waals surface area (Å²) in [7, 11) is 0. The molecule has 0 aliphatic rings. The zero-order valence-electron chi connectivity index (χ0n) is 13.9. The number of hydrogen-bond donors (Lipinski definition) is 2. The van der Waals surface area contributed by atoms with Gasteiger partial charge in [0, 0.05) is 18.7 Å². The van der Waals surface area contributed by atoms with E-state index in [1.54, 1.807) is 24.3 Å². The number of benzene rings is 2. The molecule has 0 spiro atoms. The van der Waals surface area contributed by atoms with Gasteiger partial charge in [0.1, 0.15) is 19.0 Å². The lowest BCUT2D eigenvalue weighted by Crippen LogP contribution is -2.36. The number of rotatable bonds is 10. The van der Waals surface area contributed by atoms with Gasteiger partial charge in [0.2, 0.25) is 5.91 Å². The van der Waals surface area contributed by atoms with Crippen molar-refractivity contribution in [3.05, 3.63) is 66.2 Å². The minimum atomic E-state index is -0.228. The normalized spacial score (nSPS) is 10.1. The van der Waals surface area contributed by atoms with E-state index >= 15 is 0 Å². The van der Waals surface area contributed by atoms with E-state index in [0.29, 0.717) is 31.9 Å². The molecule has 0 unspecified atom stereocenters. The molecule has 0 heterocycles. The Labute approximate surface area is 147 Å². The van der Waals surface area contributed by atoms with Crippen LogP contribution in [0.2, 0.25) is 0 Å². The molecule has 0 fully saturated rings. The maximum atomic E-state index is 11.8. The number of nitrogens with one attached hydrogen (secondary N) is 2. The quantitative estimate of drug-likeness (QED) is 0.644. The first-order chi connectivity index (χ1) is 12.3. The summed E-state index contributed by atoms with van der Waals surface area (Å²) in [6.07, 6.45) is 0. The molecule has 2 aromatic rings. The maximum Gasteiger partial charge on any atom is 0.251 e. The monoisotopic (exact) mass is 342 g/mol. The van der Waals surface area contributed by atoms with Crippen molar-refractivity contribution in [2.45, 2.75) is 0 Å². The molecule has 0 bridgehead atoms. The molecule has 25 heavy (non-hydrogen) atoms. The smallest absolute Gasteiger partial charge is 0.251 e. The van der Waals surface area contributed by atoms with Crippen LogP contribution in [0.4, 0.5) is 0 Å². The average Bonchev–Trinajstić information content (AvgIpc) is 2.66. The van der Waals surface area contributed by atoms with Crippen molar-refractivity contribution in [2.75, 3.05) is 32.9 Å². The van der Waals surface area contributed by atoms with Crippen molar-refractivity contribution in [1.29, 1.82) is 0 Å². The molecular weight excluding hydrogens is 320 g/mol. The largest absolute Gasteiger partial charge is 0.491 e. The molecule has 2 amide bonds. The lowest BCUT2D eigenvalue weighted by molar-refractivity contribution is -0.125. The van der Waals surface area contributed by atoms with Crippen LogP contribution in [0.1, 0.15) is 10.4 Å².